The third-order valence-electron chi connectivity index (χ3n) is 4.85. The summed E-state index contributed by atoms with van der Waals surface area (Å²) in [7, 11) is 0. The van der Waals surface area contributed by atoms with Gasteiger partial charge in [0.2, 0.25) is 5.91 Å². The number of hydrogen-bond donors (Lipinski definition) is 1. The molecule has 1 aromatic carbocycles. The van der Waals surface area contributed by atoms with Crippen molar-refractivity contribution in [3.8, 4) is 0 Å². The second-order valence-corrected chi connectivity index (χ2v) is 8.57. The Morgan fingerprint density at radius 2 is 2.21 bits per heavy atom. The van der Waals surface area contributed by atoms with Crippen molar-refractivity contribution in [2.75, 3.05) is 18.9 Å². The number of benzene rings is 1. The van der Waals surface area contributed by atoms with Crippen LogP contribution >= 0.6 is 23.4 Å². The molecule has 0 saturated carbocycles. The number of carbonyl (C=O) groups is 2. The van der Waals surface area contributed by atoms with Crippen molar-refractivity contribution < 1.29 is 14.3 Å². The number of thioether (sulfide) groups is 1. The average Bonchev–Trinajstić information content (AvgIpc) is 3.32. The van der Waals surface area contributed by atoms with Crippen LogP contribution in [0.2, 0.25) is 5.02 Å². The second-order valence-electron chi connectivity index (χ2n) is 7.19. The summed E-state index contributed by atoms with van der Waals surface area (Å²) in [5.74, 6) is -0.0147. The molecule has 0 spiro atoms. The molecular weight excluding hydrogens is 410 g/mol. The fourth-order valence-corrected chi connectivity index (χ4v) is 4.00. The third-order valence-corrected chi connectivity index (χ3v) is 6.08. The number of aliphatic imine (C=N–C) groups is 1. The van der Waals surface area contributed by atoms with Gasteiger partial charge in [0, 0.05) is 17.7 Å². The van der Waals surface area contributed by atoms with Crippen LogP contribution in [0.15, 0.2) is 35.0 Å². The smallest absolute Gasteiger partial charge is 0.278 e. The highest BCUT2D eigenvalue weighted by atomic mass is 35.5. The van der Waals surface area contributed by atoms with E-state index in [2.05, 4.69) is 10.3 Å². The molecule has 1 aromatic rings. The average molecular weight is 436 g/mol. The summed E-state index contributed by atoms with van der Waals surface area (Å²) < 4.78 is 5.70. The summed E-state index contributed by atoms with van der Waals surface area (Å²) in [5, 5.41) is 4.12. The maximum Gasteiger partial charge on any atom is 0.278 e. The van der Waals surface area contributed by atoms with Crippen molar-refractivity contribution >= 4 is 46.4 Å². The van der Waals surface area contributed by atoms with E-state index in [0.29, 0.717) is 22.4 Å². The van der Waals surface area contributed by atoms with Crippen LogP contribution in [0.5, 0.6) is 0 Å². The van der Waals surface area contributed by atoms with Crippen LogP contribution in [0.1, 0.15) is 38.7 Å². The topological polar surface area (TPSA) is 71.0 Å². The molecule has 6 nitrogen and oxygen atoms in total. The molecule has 156 valence electrons. The molecule has 0 bridgehead atoms. The highest BCUT2D eigenvalue weighted by Gasteiger charge is 2.33. The summed E-state index contributed by atoms with van der Waals surface area (Å²) in [6.45, 7) is 5.16. The van der Waals surface area contributed by atoms with Gasteiger partial charge in [-0.3, -0.25) is 14.5 Å². The van der Waals surface area contributed by atoms with Crippen LogP contribution in [0.3, 0.4) is 0 Å². The Hall–Kier alpha value is -1.83. The van der Waals surface area contributed by atoms with Gasteiger partial charge < -0.3 is 10.1 Å². The van der Waals surface area contributed by atoms with Crippen LogP contribution in [-0.4, -0.2) is 52.9 Å². The first-order chi connectivity index (χ1) is 14.0. The van der Waals surface area contributed by atoms with Crippen LogP contribution in [0, 0.1) is 0 Å². The first kappa shape index (κ1) is 21.9. The lowest BCUT2D eigenvalue weighted by Crippen LogP contribution is -2.38. The van der Waals surface area contributed by atoms with Gasteiger partial charge >= 0.3 is 0 Å². The van der Waals surface area contributed by atoms with Gasteiger partial charge in [0.15, 0.2) is 5.17 Å². The van der Waals surface area contributed by atoms with Gasteiger partial charge in [-0.2, -0.15) is 0 Å². The monoisotopic (exact) mass is 435 g/mol. The zero-order valence-corrected chi connectivity index (χ0v) is 18.3. The van der Waals surface area contributed by atoms with E-state index in [0.717, 1.165) is 31.4 Å². The second kappa shape index (κ2) is 10.3. The van der Waals surface area contributed by atoms with Crippen molar-refractivity contribution in [3.63, 3.8) is 0 Å². The van der Waals surface area contributed by atoms with Crippen LogP contribution in [0.4, 0.5) is 0 Å². The van der Waals surface area contributed by atoms with Crippen molar-refractivity contribution in [2.45, 2.75) is 45.3 Å². The zero-order chi connectivity index (χ0) is 20.8. The summed E-state index contributed by atoms with van der Waals surface area (Å²) in [6.07, 6.45) is 4.54. The van der Waals surface area contributed by atoms with Gasteiger partial charge in [0.1, 0.15) is 5.70 Å². The molecule has 2 heterocycles. The predicted octanol–water partition coefficient (Wildman–Crippen LogP) is 3.71. The lowest BCUT2D eigenvalue weighted by Gasteiger charge is -2.21. The Balaban J connectivity index is 1.74. The number of amides is 2. The minimum absolute atomic E-state index is 0.00794. The van der Waals surface area contributed by atoms with Gasteiger partial charge in [-0.25, -0.2) is 4.99 Å². The molecule has 2 amide bonds. The summed E-state index contributed by atoms with van der Waals surface area (Å²) in [5.41, 5.74) is 1.20. The number of rotatable bonds is 7. The highest BCUT2D eigenvalue weighted by molar-refractivity contribution is 8.14. The first-order valence-corrected chi connectivity index (χ1v) is 11.2. The van der Waals surface area contributed by atoms with Gasteiger partial charge in [-0.15, -0.1) is 0 Å². The van der Waals surface area contributed by atoms with Gasteiger partial charge in [-0.1, -0.05) is 42.4 Å². The predicted molar refractivity (Wildman–Crippen MR) is 118 cm³/mol. The van der Waals surface area contributed by atoms with Crippen molar-refractivity contribution in [1.29, 1.82) is 0 Å². The van der Waals surface area contributed by atoms with Crippen molar-refractivity contribution in [1.82, 2.24) is 10.2 Å². The fraction of sp³-hybridized carbons (Fsp3) is 0.476. The number of hydrogen-bond acceptors (Lipinski definition) is 5. The molecule has 1 saturated heterocycles. The molecule has 2 aliphatic heterocycles. The Bertz CT molecular complexity index is 804. The van der Waals surface area contributed by atoms with E-state index in [1.165, 1.54) is 11.8 Å². The summed E-state index contributed by atoms with van der Waals surface area (Å²) >= 11 is 7.22. The first-order valence-electron chi connectivity index (χ1n) is 9.88. The number of ether oxygens (including phenoxy) is 1. The zero-order valence-electron chi connectivity index (χ0n) is 16.7. The molecule has 1 N–H and O–H groups in total. The van der Waals surface area contributed by atoms with E-state index in [-0.39, 0.29) is 29.7 Å². The fourth-order valence-electron chi connectivity index (χ4n) is 3.06. The Labute approximate surface area is 180 Å². The summed E-state index contributed by atoms with van der Waals surface area (Å²) in [4.78, 5) is 31.3. The van der Waals surface area contributed by atoms with E-state index in [4.69, 9.17) is 16.3 Å². The minimum atomic E-state index is -0.166. The lowest BCUT2D eigenvalue weighted by molar-refractivity contribution is -0.123. The molecule has 0 aliphatic carbocycles. The van der Waals surface area contributed by atoms with E-state index in [1.807, 2.05) is 26.0 Å². The van der Waals surface area contributed by atoms with Crippen LogP contribution in [-0.2, 0) is 14.3 Å². The number of carbonyl (C=O) groups excluding carboxylic acids is 2. The Morgan fingerprint density at radius 1 is 1.45 bits per heavy atom. The number of nitrogens with one attached hydrogen (secondary N) is 1. The normalized spacial score (nSPS) is 21.6. The molecule has 2 aliphatic rings. The van der Waals surface area contributed by atoms with Gasteiger partial charge in [-0.05, 0) is 50.0 Å². The maximum absolute atomic E-state index is 13.0. The molecule has 2 atom stereocenters. The summed E-state index contributed by atoms with van der Waals surface area (Å²) in [6, 6.07) is 7.35. The standard InChI is InChI=1S/C21H26ClN3O3S/c1-3-14(2)23-19(26)13-29-21-24-18(11-15-6-8-16(22)9-7-15)20(27)25(21)12-17-5-4-10-28-17/h6-9,11,14,17H,3-5,10,12-13H2,1-2H3,(H,23,26). The SMILES string of the molecule is CCC(C)NC(=O)CSC1=NC(=Cc2ccc(Cl)cc2)C(=O)N1CC1CCCO1. The Kier molecular flexibility index (Phi) is 7.75. The van der Waals surface area contributed by atoms with Crippen LogP contribution < -0.4 is 5.32 Å². The van der Waals surface area contributed by atoms with E-state index in [1.54, 1.807) is 23.1 Å². The van der Waals surface area contributed by atoms with E-state index in [9.17, 15) is 9.59 Å². The third kappa shape index (κ3) is 6.07. The Morgan fingerprint density at radius 3 is 2.86 bits per heavy atom. The molecule has 0 radical (unpaired) electrons. The molecule has 3 rings (SSSR count). The van der Waals surface area contributed by atoms with Gasteiger partial charge in [0.05, 0.1) is 18.4 Å². The molecule has 2 unspecified atom stereocenters. The van der Waals surface area contributed by atoms with Gasteiger partial charge in [0.25, 0.3) is 5.91 Å². The molecule has 8 heteroatoms. The van der Waals surface area contributed by atoms with E-state index >= 15 is 0 Å². The minimum Gasteiger partial charge on any atom is -0.376 e. The molecule has 0 aromatic heterocycles. The quantitative estimate of drug-likeness (QED) is 0.663. The number of nitrogens with zero attached hydrogens (tertiary/aromatic N) is 2. The highest BCUT2D eigenvalue weighted by Crippen LogP contribution is 2.26. The van der Waals surface area contributed by atoms with Crippen molar-refractivity contribution in [3.05, 3.63) is 40.5 Å². The number of halogens is 1. The van der Waals surface area contributed by atoms with Crippen LogP contribution in [0.25, 0.3) is 6.08 Å². The molecule has 1 fully saturated rings. The van der Waals surface area contributed by atoms with Crippen molar-refractivity contribution in [2.24, 2.45) is 4.99 Å². The molecule has 29 heavy (non-hydrogen) atoms. The largest absolute Gasteiger partial charge is 0.376 e. The number of amidine groups is 1. The lowest BCUT2D eigenvalue weighted by atomic mass is 10.2. The molecular formula is C21H26ClN3O3S. The van der Waals surface area contributed by atoms with E-state index < -0.39 is 0 Å². The maximum atomic E-state index is 13.0.